The molecule has 1 heterocycles. The van der Waals surface area contributed by atoms with Gasteiger partial charge in [-0.1, -0.05) is 56.2 Å². The lowest BCUT2D eigenvalue weighted by Crippen LogP contribution is -2.31. The number of carbonyl (C=O) groups excluding carboxylic acids is 2. The molecule has 9 nitrogen and oxygen atoms in total. The molecule has 0 bridgehead atoms. The molecule has 0 aliphatic carbocycles. The summed E-state index contributed by atoms with van der Waals surface area (Å²) in [6.45, 7) is 2.28. The zero-order valence-electron chi connectivity index (χ0n) is 19.7. The second-order valence-electron chi connectivity index (χ2n) is 8.12. The van der Waals surface area contributed by atoms with Gasteiger partial charge >= 0.3 is 5.97 Å². The molecule has 0 spiro atoms. The summed E-state index contributed by atoms with van der Waals surface area (Å²) in [6, 6.07) is 15.9. The molecule has 0 atom stereocenters. The van der Waals surface area contributed by atoms with Gasteiger partial charge in [0.2, 0.25) is 0 Å². The smallest absolute Gasteiger partial charge is 0.354 e. The Morgan fingerprint density at radius 3 is 2.36 bits per heavy atom. The Labute approximate surface area is 209 Å². The first-order valence-corrected chi connectivity index (χ1v) is 12.9. The van der Waals surface area contributed by atoms with Gasteiger partial charge in [0.25, 0.3) is 21.8 Å². The molecule has 3 rings (SSSR count). The van der Waals surface area contributed by atoms with Crippen molar-refractivity contribution in [1.82, 2.24) is 15.0 Å². The number of carbonyl (C=O) groups is 3. The topological polar surface area (TPSA) is 143 Å². The molecule has 2 amide bonds. The molecular formula is C26H27N3O6S. The molecule has 10 heteroatoms. The van der Waals surface area contributed by atoms with Gasteiger partial charge in [-0.3, -0.25) is 9.59 Å². The summed E-state index contributed by atoms with van der Waals surface area (Å²) in [5, 5.41) is 12.1. The third kappa shape index (κ3) is 6.98. The van der Waals surface area contributed by atoms with Crippen molar-refractivity contribution in [2.24, 2.45) is 0 Å². The van der Waals surface area contributed by atoms with Crippen molar-refractivity contribution >= 4 is 27.8 Å². The normalized spacial score (nSPS) is 11.0. The molecule has 2 aromatic carbocycles. The largest absolute Gasteiger partial charge is 0.477 e. The van der Waals surface area contributed by atoms with E-state index in [4.69, 9.17) is 0 Å². The van der Waals surface area contributed by atoms with Crippen LogP contribution in [0.25, 0.3) is 0 Å². The Hall–Kier alpha value is -4.05. The van der Waals surface area contributed by atoms with E-state index in [1.165, 1.54) is 30.3 Å². The third-order valence-electron chi connectivity index (χ3n) is 5.41. The minimum atomic E-state index is -4.31. The van der Waals surface area contributed by atoms with Crippen LogP contribution in [0.5, 0.6) is 0 Å². The summed E-state index contributed by atoms with van der Waals surface area (Å²) in [5.74, 6) is -2.63. The van der Waals surface area contributed by atoms with Gasteiger partial charge in [0.1, 0.15) is 0 Å². The first-order chi connectivity index (χ1) is 17.2. The van der Waals surface area contributed by atoms with E-state index in [1.54, 1.807) is 0 Å². The van der Waals surface area contributed by atoms with E-state index < -0.39 is 27.8 Å². The average Bonchev–Trinajstić information content (AvgIpc) is 2.87. The lowest BCUT2D eigenvalue weighted by molar-refractivity contribution is 0.0688. The van der Waals surface area contributed by atoms with Crippen LogP contribution in [-0.4, -0.2) is 36.3 Å². The Morgan fingerprint density at radius 1 is 0.917 bits per heavy atom. The van der Waals surface area contributed by atoms with E-state index in [0.717, 1.165) is 24.6 Å². The van der Waals surface area contributed by atoms with Crippen LogP contribution in [-0.2, 0) is 23.0 Å². The fourth-order valence-corrected chi connectivity index (χ4v) is 4.53. The zero-order chi connectivity index (χ0) is 26.1. The number of carboxylic acid groups (broad SMARTS) is 1. The minimum absolute atomic E-state index is 0.0770. The Morgan fingerprint density at radius 2 is 1.67 bits per heavy atom. The predicted molar refractivity (Wildman–Crippen MR) is 133 cm³/mol. The van der Waals surface area contributed by atoms with Crippen molar-refractivity contribution < 1.29 is 27.9 Å². The summed E-state index contributed by atoms with van der Waals surface area (Å²) in [5.41, 5.74) is 1.12. The van der Waals surface area contributed by atoms with Gasteiger partial charge in [0.15, 0.2) is 5.69 Å². The van der Waals surface area contributed by atoms with Crippen LogP contribution in [0.4, 0.5) is 0 Å². The molecule has 0 saturated heterocycles. The number of aromatic carboxylic acids is 1. The summed E-state index contributed by atoms with van der Waals surface area (Å²) in [7, 11) is -4.31. The van der Waals surface area contributed by atoms with Crippen LogP contribution in [0.1, 0.15) is 68.5 Å². The highest BCUT2D eigenvalue weighted by Gasteiger charge is 2.22. The van der Waals surface area contributed by atoms with Gasteiger partial charge < -0.3 is 10.4 Å². The number of pyridine rings is 1. The Bertz CT molecular complexity index is 1360. The van der Waals surface area contributed by atoms with Gasteiger partial charge in [-0.25, -0.2) is 22.9 Å². The molecule has 3 aromatic rings. The van der Waals surface area contributed by atoms with Crippen molar-refractivity contribution in [2.75, 3.05) is 0 Å². The second kappa shape index (κ2) is 12.1. The number of amides is 2. The fraction of sp³-hybridized carbons (Fsp3) is 0.231. The van der Waals surface area contributed by atoms with Crippen LogP contribution in [0.3, 0.4) is 0 Å². The van der Waals surface area contributed by atoms with E-state index in [-0.39, 0.29) is 28.3 Å². The zero-order valence-corrected chi connectivity index (χ0v) is 20.5. The Kier molecular flexibility index (Phi) is 8.91. The lowest BCUT2D eigenvalue weighted by Gasteiger charge is -2.11. The highest BCUT2D eigenvalue weighted by atomic mass is 32.2. The highest BCUT2D eigenvalue weighted by molar-refractivity contribution is 7.90. The number of rotatable bonds is 11. The van der Waals surface area contributed by atoms with E-state index in [1.807, 2.05) is 42.0 Å². The van der Waals surface area contributed by atoms with Crippen LogP contribution >= 0.6 is 0 Å². The summed E-state index contributed by atoms with van der Waals surface area (Å²) in [4.78, 5) is 40.3. The molecule has 188 valence electrons. The molecular weight excluding hydrogens is 482 g/mol. The van der Waals surface area contributed by atoms with Crippen molar-refractivity contribution in [3.63, 3.8) is 0 Å². The second-order valence-corrected chi connectivity index (χ2v) is 9.81. The van der Waals surface area contributed by atoms with Crippen molar-refractivity contribution in [3.05, 3.63) is 94.8 Å². The maximum atomic E-state index is 12.9. The lowest BCUT2D eigenvalue weighted by atomic mass is 10.0. The molecule has 0 fully saturated rings. The fourth-order valence-electron chi connectivity index (χ4n) is 3.51. The van der Waals surface area contributed by atoms with E-state index in [0.29, 0.717) is 18.4 Å². The molecule has 0 aliphatic rings. The van der Waals surface area contributed by atoms with Crippen molar-refractivity contribution in [2.45, 2.75) is 44.0 Å². The quantitative estimate of drug-likeness (QED) is 0.335. The molecule has 0 aliphatic heterocycles. The molecule has 0 saturated carbocycles. The molecule has 0 radical (unpaired) electrons. The number of unbranched alkanes of at least 4 members (excludes halogenated alkanes) is 2. The summed E-state index contributed by atoms with van der Waals surface area (Å²) < 4.78 is 27.7. The number of benzene rings is 2. The minimum Gasteiger partial charge on any atom is -0.477 e. The molecule has 36 heavy (non-hydrogen) atoms. The number of hydrogen-bond donors (Lipinski definition) is 3. The molecule has 0 unspecified atom stereocenters. The highest BCUT2D eigenvalue weighted by Crippen LogP contribution is 2.16. The van der Waals surface area contributed by atoms with Gasteiger partial charge in [-0.05, 0) is 48.2 Å². The number of sulfonamides is 1. The van der Waals surface area contributed by atoms with E-state index in [9.17, 15) is 27.9 Å². The van der Waals surface area contributed by atoms with E-state index in [2.05, 4.69) is 10.3 Å². The number of nitrogens with one attached hydrogen (secondary N) is 2. The molecule has 3 N–H and O–H groups in total. The van der Waals surface area contributed by atoms with Gasteiger partial charge in [-0.15, -0.1) is 0 Å². The van der Waals surface area contributed by atoms with Gasteiger partial charge in [0, 0.05) is 18.3 Å². The molecule has 1 aromatic heterocycles. The number of aryl methyl sites for hydroxylation is 1. The van der Waals surface area contributed by atoms with Gasteiger partial charge in [0.05, 0.1) is 10.5 Å². The summed E-state index contributed by atoms with van der Waals surface area (Å²) >= 11 is 0. The average molecular weight is 510 g/mol. The summed E-state index contributed by atoms with van der Waals surface area (Å²) in [6.07, 6.45) is 3.94. The van der Waals surface area contributed by atoms with Crippen LogP contribution in [0.2, 0.25) is 0 Å². The monoisotopic (exact) mass is 509 g/mol. The number of carboxylic acids is 1. The number of nitrogens with zero attached hydrogens (tertiary/aromatic N) is 1. The first kappa shape index (κ1) is 26.6. The third-order valence-corrected chi connectivity index (χ3v) is 6.74. The van der Waals surface area contributed by atoms with Crippen LogP contribution < -0.4 is 10.0 Å². The number of aromatic nitrogens is 1. The maximum Gasteiger partial charge on any atom is 0.354 e. The van der Waals surface area contributed by atoms with Crippen LogP contribution in [0, 0.1) is 0 Å². The van der Waals surface area contributed by atoms with E-state index >= 15 is 0 Å². The predicted octanol–water partition coefficient (Wildman–Crippen LogP) is 3.56. The van der Waals surface area contributed by atoms with Crippen LogP contribution in [0.15, 0.2) is 71.8 Å². The van der Waals surface area contributed by atoms with Gasteiger partial charge in [-0.2, -0.15) is 0 Å². The standard InChI is InChI=1S/C26H27N3O6S/c1-2-3-5-11-19-14-21(17-27-23(19)26(32)33)25(31)29-36(34,35)22-13-8-12-20(15-22)24(30)28-16-18-9-6-4-7-10-18/h4,6-10,12-15,17H,2-3,5,11,16H2,1H3,(H,28,30)(H,29,31)(H,32,33). The van der Waals surface area contributed by atoms with Crippen molar-refractivity contribution in [1.29, 1.82) is 0 Å². The Balaban J connectivity index is 1.75. The first-order valence-electron chi connectivity index (χ1n) is 11.4. The van der Waals surface area contributed by atoms with Crippen molar-refractivity contribution in [3.8, 4) is 0 Å². The maximum absolute atomic E-state index is 12.9. The number of hydrogen-bond acceptors (Lipinski definition) is 6. The SMILES string of the molecule is CCCCCc1cc(C(=O)NS(=O)(=O)c2cccc(C(=O)NCc3ccccc3)c2)cnc1C(=O)O.